The Bertz CT molecular complexity index is 1640. The first-order valence-electron chi connectivity index (χ1n) is 15.9. The molecule has 2 unspecified atom stereocenters. The second-order valence-electron chi connectivity index (χ2n) is 13.7. The van der Waals surface area contributed by atoms with E-state index in [-0.39, 0.29) is 16.2 Å². The highest BCUT2D eigenvalue weighted by molar-refractivity contribution is 5.99. The van der Waals surface area contributed by atoms with Crippen LogP contribution >= 0.6 is 0 Å². The number of allylic oxidation sites excluding steroid dienone is 4. The average Bonchev–Trinajstić information content (AvgIpc) is 3.52. The third-order valence-electron chi connectivity index (χ3n) is 11.1. The zero-order valence-electron chi connectivity index (χ0n) is 26.2. The van der Waals surface area contributed by atoms with Gasteiger partial charge in [0, 0.05) is 16.5 Å². The van der Waals surface area contributed by atoms with Gasteiger partial charge in [-0.2, -0.15) is 0 Å². The highest BCUT2D eigenvalue weighted by Crippen LogP contribution is 2.65. The molecule has 0 spiro atoms. The molecule has 1 heteroatoms. The standard InChI is InChI=1S/C40H47N/c1-8-38(5,6)40(33-22-15-14-20-30(33)31-24-23-27(4)25-34(31)40)35-32-21-16-19-29(26-39(7,9-2)10-3)36(32)41-37(35)28-17-12-11-13-18-28/h11-24,27,41H,8-10,25-26H2,1-7H3. The summed E-state index contributed by atoms with van der Waals surface area (Å²) in [5.41, 5.74) is 12.8. The van der Waals surface area contributed by atoms with Crippen molar-refractivity contribution in [3.05, 3.63) is 113 Å². The van der Waals surface area contributed by atoms with E-state index in [1.807, 2.05) is 0 Å². The highest BCUT2D eigenvalue weighted by atomic mass is 14.8. The van der Waals surface area contributed by atoms with Gasteiger partial charge < -0.3 is 4.98 Å². The van der Waals surface area contributed by atoms with Crippen molar-refractivity contribution in [1.82, 2.24) is 4.98 Å². The van der Waals surface area contributed by atoms with Crippen LogP contribution < -0.4 is 0 Å². The van der Waals surface area contributed by atoms with Gasteiger partial charge in [-0.25, -0.2) is 0 Å². The second-order valence-corrected chi connectivity index (χ2v) is 13.7. The molecule has 1 N–H and O–H groups in total. The number of benzene rings is 3. The van der Waals surface area contributed by atoms with Gasteiger partial charge in [0.1, 0.15) is 0 Å². The van der Waals surface area contributed by atoms with E-state index in [1.54, 1.807) is 5.57 Å². The first-order chi connectivity index (χ1) is 19.7. The lowest BCUT2D eigenvalue weighted by atomic mass is 9.53. The first-order valence-corrected chi connectivity index (χ1v) is 15.9. The monoisotopic (exact) mass is 541 g/mol. The van der Waals surface area contributed by atoms with Gasteiger partial charge in [0.05, 0.1) is 11.1 Å². The van der Waals surface area contributed by atoms with Crippen molar-refractivity contribution >= 4 is 16.5 Å². The van der Waals surface area contributed by atoms with Crippen LogP contribution in [0.1, 0.15) is 96.4 Å². The maximum absolute atomic E-state index is 4.11. The average molecular weight is 542 g/mol. The summed E-state index contributed by atoms with van der Waals surface area (Å²) < 4.78 is 0. The van der Waals surface area contributed by atoms with Gasteiger partial charge in [0.25, 0.3) is 0 Å². The zero-order chi connectivity index (χ0) is 29.0. The number of hydrogen-bond donors (Lipinski definition) is 1. The van der Waals surface area contributed by atoms with Crippen molar-refractivity contribution in [3.8, 4) is 11.3 Å². The molecule has 0 amide bonds. The Balaban J connectivity index is 1.78. The van der Waals surface area contributed by atoms with E-state index in [1.165, 1.54) is 62.8 Å². The van der Waals surface area contributed by atoms with E-state index in [0.717, 1.165) is 19.3 Å². The molecule has 2 atom stereocenters. The molecule has 2 aliphatic rings. The summed E-state index contributed by atoms with van der Waals surface area (Å²) in [5, 5.41) is 1.39. The lowest BCUT2D eigenvalue weighted by Gasteiger charge is -2.49. The summed E-state index contributed by atoms with van der Waals surface area (Å²) in [4.78, 5) is 4.11. The van der Waals surface area contributed by atoms with E-state index < -0.39 is 0 Å². The minimum Gasteiger partial charge on any atom is -0.354 e. The molecule has 0 bridgehead atoms. The van der Waals surface area contributed by atoms with Crippen molar-refractivity contribution in [3.63, 3.8) is 0 Å². The van der Waals surface area contributed by atoms with Gasteiger partial charge in [0.2, 0.25) is 0 Å². The first kappa shape index (κ1) is 27.8. The van der Waals surface area contributed by atoms with E-state index in [4.69, 9.17) is 0 Å². The summed E-state index contributed by atoms with van der Waals surface area (Å²) in [7, 11) is 0. The molecule has 0 aliphatic heterocycles. The summed E-state index contributed by atoms with van der Waals surface area (Å²) in [6, 6.07) is 27.5. The number of aromatic amines is 1. The fraction of sp³-hybridized carbons (Fsp3) is 0.400. The van der Waals surface area contributed by atoms with Gasteiger partial charge in [0.15, 0.2) is 0 Å². The molecule has 2 aliphatic carbocycles. The maximum atomic E-state index is 4.11. The Morgan fingerprint density at radius 2 is 1.54 bits per heavy atom. The van der Waals surface area contributed by atoms with E-state index >= 15 is 0 Å². The smallest absolute Gasteiger partial charge is 0.0510 e. The molecule has 1 heterocycles. The molecule has 0 fully saturated rings. The molecule has 41 heavy (non-hydrogen) atoms. The summed E-state index contributed by atoms with van der Waals surface area (Å²) in [6.45, 7) is 17.0. The molecule has 212 valence electrons. The molecule has 0 saturated heterocycles. The Morgan fingerprint density at radius 1 is 0.829 bits per heavy atom. The summed E-state index contributed by atoms with van der Waals surface area (Å²) in [5.74, 6) is 0.519. The third-order valence-corrected chi connectivity index (χ3v) is 11.1. The Morgan fingerprint density at radius 3 is 2.24 bits per heavy atom. The highest BCUT2D eigenvalue weighted by Gasteiger charge is 2.56. The van der Waals surface area contributed by atoms with Crippen LogP contribution in [-0.4, -0.2) is 4.98 Å². The molecule has 0 radical (unpaired) electrons. The SMILES string of the molecule is CCC(C)(CC)Cc1cccc2c(C3(C(C)(C)CC)C4=C(C=CC(C)C4)c4ccccc43)c(-c3ccccc3)[nH]c12. The molecule has 4 aromatic rings. The van der Waals surface area contributed by atoms with Gasteiger partial charge >= 0.3 is 0 Å². The van der Waals surface area contributed by atoms with Crippen LogP contribution in [0.5, 0.6) is 0 Å². The fourth-order valence-electron chi connectivity index (χ4n) is 7.93. The van der Waals surface area contributed by atoms with E-state index in [9.17, 15) is 0 Å². The zero-order valence-corrected chi connectivity index (χ0v) is 26.2. The van der Waals surface area contributed by atoms with Crippen LogP contribution in [0, 0.1) is 16.7 Å². The quantitative estimate of drug-likeness (QED) is 0.228. The van der Waals surface area contributed by atoms with Crippen molar-refractivity contribution in [2.24, 2.45) is 16.7 Å². The van der Waals surface area contributed by atoms with Crippen LogP contribution in [0.2, 0.25) is 0 Å². The molecule has 3 aromatic carbocycles. The van der Waals surface area contributed by atoms with Crippen molar-refractivity contribution in [2.75, 3.05) is 0 Å². The van der Waals surface area contributed by atoms with Crippen molar-refractivity contribution in [2.45, 2.75) is 86.0 Å². The van der Waals surface area contributed by atoms with Crippen molar-refractivity contribution < 1.29 is 0 Å². The van der Waals surface area contributed by atoms with Crippen molar-refractivity contribution in [1.29, 1.82) is 0 Å². The normalized spacial score (nSPS) is 20.5. The number of H-pyrrole nitrogens is 1. The van der Waals surface area contributed by atoms with Crippen LogP contribution in [0.15, 0.2) is 90.5 Å². The maximum Gasteiger partial charge on any atom is 0.0510 e. The Hall–Kier alpha value is -3.32. The Kier molecular flexibility index (Phi) is 6.92. The van der Waals surface area contributed by atoms with Gasteiger partial charge in [-0.1, -0.05) is 146 Å². The lowest BCUT2D eigenvalue weighted by Crippen LogP contribution is -2.44. The molecule has 6 rings (SSSR count). The van der Waals surface area contributed by atoms with E-state index in [2.05, 4.69) is 138 Å². The summed E-state index contributed by atoms with van der Waals surface area (Å²) >= 11 is 0. The van der Waals surface area contributed by atoms with Crippen LogP contribution in [0.25, 0.3) is 27.7 Å². The second kappa shape index (κ2) is 10.2. The lowest BCUT2D eigenvalue weighted by molar-refractivity contribution is 0.225. The minimum atomic E-state index is -0.242. The number of fused-ring (bicyclic) bond motifs is 3. The minimum absolute atomic E-state index is 0.0128. The van der Waals surface area contributed by atoms with Crippen LogP contribution in [0.4, 0.5) is 0 Å². The topological polar surface area (TPSA) is 15.8 Å². The molecule has 1 nitrogen and oxygen atoms in total. The largest absolute Gasteiger partial charge is 0.354 e. The number of rotatable bonds is 8. The Labute approximate surface area is 247 Å². The molecular weight excluding hydrogens is 494 g/mol. The predicted octanol–water partition coefficient (Wildman–Crippen LogP) is 11.3. The van der Waals surface area contributed by atoms with Gasteiger partial charge in [-0.15, -0.1) is 0 Å². The van der Waals surface area contributed by atoms with E-state index in [0.29, 0.717) is 5.92 Å². The third kappa shape index (κ3) is 4.10. The van der Waals surface area contributed by atoms with Gasteiger partial charge in [-0.05, 0) is 69.4 Å². The predicted molar refractivity (Wildman–Crippen MR) is 177 cm³/mol. The number of aromatic nitrogens is 1. The molecular formula is C40H47N. The van der Waals surface area contributed by atoms with Crippen LogP contribution in [0.3, 0.4) is 0 Å². The van der Waals surface area contributed by atoms with Crippen LogP contribution in [-0.2, 0) is 11.8 Å². The summed E-state index contributed by atoms with van der Waals surface area (Å²) in [6.07, 6.45) is 10.5. The number of para-hydroxylation sites is 1. The number of nitrogens with one attached hydrogen (secondary N) is 1. The number of hydrogen-bond acceptors (Lipinski definition) is 0. The molecule has 1 aromatic heterocycles. The van der Waals surface area contributed by atoms with Gasteiger partial charge in [-0.3, -0.25) is 0 Å². The fourth-order valence-corrected chi connectivity index (χ4v) is 7.93. The molecule has 0 saturated carbocycles.